The van der Waals surface area contributed by atoms with Gasteiger partial charge in [0, 0.05) is 0 Å². The van der Waals surface area contributed by atoms with Crippen LogP contribution >= 0.6 is 0 Å². The van der Waals surface area contributed by atoms with E-state index in [9.17, 15) is 4.79 Å². The standard InChI is InChI=1S/C15H15NO4/c16-13-10-11(15(17)18)6-7-14(13)20-9-8-19-12-4-2-1-3-5-12/h1-7,10H,8-9,16H2,(H,17,18). The number of hydrogen-bond acceptors (Lipinski definition) is 4. The average molecular weight is 273 g/mol. The number of anilines is 1. The highest BCUT2D eigenvalue weighted by atomic mass is 16.5. The molecule has 0 aliphatic carbocycles. The summed E-state index contributed by atoms with van der Waals surface area (Å²) >= 11 is 0. The molecule has 0 saturated heterocycles. The van der Waals surface area contributed by atoms with Crippen LogP contribution in [0.4, 0.5) is 5.69 Å². The van der Waals surface area contributed by atoms with Gasteiger partial charge >= 0.3 is 5.97 Å². The van der Waals surface area contributed by atoms with Gasteiger partial charge < -0.3 is 20.3 Å². The van der Waals surface area contributed by atoms with Crippen molar-refractivity contribution in [3.63, 3.8) is 0 Å². The van der Waals surface area contributed by atoms with Crippen LogP contribution in [0.25, 0.3) is 0 Å². The molecule has 2 aromatic rings. The molecule has 5 nitrogen and oxygen atoms in total. The van der Waals surface area contributed by atoms with E-state index >= 15 is 0 Å². The lowest BCUT2D eigenvalue weighted by molar-refractivity contribution is 0.0697. The molecule has 104 valence electrons. The fourth-order valence-corrected chi connectivity index (χ4v) is 1.64. The van der Waals surface area contributed by atoms with Crippen molar-refractivity contribution < 1.29 is 19.4 Å². The largest absolute Gasteiger partial charge is 0.490 e. The third-order valence-electron chi connectivity index (χ3n) is 2.61. The molecule has 0 aromatic heterocycles. The van der Waals surface area contributed by atoms with Crippen molar-refractivity contribution >= 4 is 11.7 Å². The fraction of sp³-hybridized carbons (Fsp3) is 0.133. The summed E-state index contributed by atoms with van der Waals surface area (Å²) in [4.78, 5) is 10.8. The summed E-state index contributed by atoms with van der Waals surface area (Å²) < 4.78 is 10.9. The summed E-state index contributed by atoms with van der Waals surface area (Å²) in [5.41, 5.74) is 6.15. The van der Waals surface area contributed by atoms with E-state index in [-0.39, 0.29) is 5.56 Å². The van der Waals surface area contributed by atoms with E-state index < -0.39 is 5.97 Å². The zero-order chi connectivity index (χ0) is 14.4. The summed E-state index contributed by atoms with van der Waals surface area (Å²) in [6.45, 7) is 0.704. The first-order valence-corrected chi connectivity index (χ1v) is 6.10. The van der Waals surface area contributed by atoms with Crippen LogP contribution in [0.2, 0.25) is 0 Å². The second kappa shape index (κ2) is 6.47. The molecule has 0 spiro atoms. The number of rotatable bonds is 6. The predicted octanol–water partition coefficient (Wildman–Crippen LogP) is 2.42. The van der Waals surface area contributed by atoms with E-state index in [0.29, 0.717) is 24.7 Å². The van der Waals surface area contributed by atoms with Crippen molar-refractivity contribution in [2.75, 3.05) is 18.9 Å². The summed E-state index contributed by atoms with van der Waals surface area (Å²) in [5.74, 6) is 0.201. The Hall–Kier alpha value is -2.69. The summed E-state index contributed by atoms with van der Waals surface area (Å²) in [6.07, 6.45) is 0. The van der Waals surface area contributed by atoms with Crippen LogP contribution in [0.3, 0.4) is 0 Å². The molecular weight excluding hydrogens is 258 g/mol. The topological polar surface area (TPSA) is 81.8 Å². The Balaban J connectivity index is 1.84. The monoisotopic (exact) mass is 273 g/mol. The van der Waals surface area contributed by atoms with Gasteiger partial charge in [0.2, 0.25) is 0 Å². The van der Waals surface area contributed by atoms with E-state index in [0.717, 1.165) is 5.75 Å². The van der Waals surface area contributed by atoms with E-state index in [1.807, 2.05) is 30.3 Å². The van der Waals surface area contributed by atoms with Gasteiger partial charge in [-0.25, -0.2) is 4.79 Å². The summed E-state index contributed by atoms with van der Waals surface area (Å²) in [5, 5.41) is 8.82. The minimum absolute atomic E-state index is 0.135. The van der Waals surface area contributed by atoms with Gasteiger partial charge in [-0.05, 0) is 30.3 Å². The van der Waals surface area contributed by atoms with Crippen molar-refractivity contribution in [2.45, 2.75) is 0 Å². The Kier molecular flexibility index (Phi) is 4.44. The van der Waals surface area contributed by atoms with Gasteiger partial charge in [0.1, 0.15) is 24.7 Å². The van der Waals surface area contributed by atoms with E-state index in [4.69, 9.17) is 20.3 Å². The molecule has 0 amide bonds. The maximum absolute atomic E-state index is 10.8. The number of carboxylic acid groups (broad SMARTS) is 1. The first-order chi connectivity index (χ1) is 9.66. The summed E-state index contributed by atoms with van der Waals surface area (Å²) in [7, 11) is 0. The Morgan fingerprint density at radius 3 is 2.40 bits per heavy atom. The van der Waals surface area contributed by atoms with E-state index in [1.165, 1.54) is 12.1 Å². The second-order valence-corrected chi connectivity index (χ2v) is 4.07. The number of carboxylic acids is 1. The smallest absolute Gasteiger partial charge is 0.335 e. The Morgan fingerprint density at radius 1 is 1.05 bits per heavy atom. The third kappa shape index (κ3) is 3.65. The Bertz CT molecular complexity index is 584. The third-order valence-corrected chi connectivity index (χ3v) is 2.61. The van der Waals surface area contributed by atoms with Gasteiger partial charge in [0.15, 0.2) is 0 Å². The number of carbonyl (C=O) groups is 1. The van der Waals surface area contributed by atoms with Crippen molar-refractivity contribution in [2.24, 2.45) is 0 Å². The number of para-hydroxylation sites is 1. The van der Waals surface area contributed by atoms with Gasteiger partial charge in [-0.2, -0.15) is 0 Å². The van der Waals surface area contributed by atoms with Crippen LogP contribution < -0.4 is 15.2 Å². The lowest BCUT2D eigenvalue weighted by Gasteiger charge is -2.10. The highest BCUT2D eigenvalue weighted by Gasteiger charge is 2.07. The van der Waals surface area contributed by atoms with Crippen LogP contribution in [0.5, 0.6) is 11.5 Å². The van der Waals surface area contributed by atoms with Gasteiger partial charge in [0.25, 0.3) is 0 Å². The van der Waals surface area contributed by atoms with Crippen molar-refractivity contribution in [1.29, 1.82) is 0 Å². The lowest BCUT2D eigenvalue weighted by atomic mass is 10.2. The first kappa shape index (κ1) is 13.7. The molecule has 0 atom stereocenters. The molecule has 0 bridgehead atoms. The molecule has 20 heavy (non-hydrogen) atoms. The van der Waals surface area contributed by atoms with Crippen LogP contribution in [-0.2, 0) is 0 Å². The number of nitrogens with two attached hydrogens (primary N) is 1. The fourth-order valence-electron chi connectivity index (χ4n) is 1.64. The number of benzene rings is 2. The van der Waals surface area contributed by atoms with Gasteiger partial charge in [-0.1, -0.05) is 18.2 Å². The molecular formula is C15H15NO4. The molecule has 2 aromatic carbocycles. The quantitative estimate of drug-likeness (QED) is 0.624. The van der Waals surface area contributed by atoms with E-state index in [2.05, 4.69) is 0 Å². The molecule has 0 aliphatic rings. The van der Waals surface area contributed by atoms with Gasteiger partial charge in [-0.3, -0.25) is 0 Å². The molecule has 0 fully saturated rings. The molecule has 0 radical (unpaired) electrons. The Labute approximate surface area is 116 Å². The lowest BCUT2D eigenvalue weighted by Crippen LogP contribution is -2.10. The molecule has 3 N–H and O–H groups in total. The summed E-state index contributed by atoms with van der Waals surface area (Å²) in [6, 6.07) is 13.8. The normalized spacial score (nSPS) is 10.0. The highest BCUT2D eigenvalue weighted by Crippen LogP contribution is 2.22. The zero-order valence-corrected chi connectivity index (χ0v) is 10.8. The molecule has 0 saturated carbocycles. The van der Waals surface area contributed by atoms with Crippen molar-refractivity contribution in [3.05, 3.63) is 54.1 Å². The second-order valence-electron chi connectivity index (χ2n) is 4.07. The number of aromatic carboxylic acids is 1. The predicted molar refractivity (Wildman–Crippen MR) is 75.2 cm³/mol. The number of ether oxygens (including phenoxy) is 2. The molecule has 0 heterocycles. The molecule has 5 heteroatoms. The van der Waals surface area contributed by atoms with Crippen LogP contribution in [0, 0.1) is 0 Å². The number of hydrogen-bond donors (Lipinski definition) is 2. The SMILES string of the molecule is Nc1cc(C(=O)O)ccc1OCCOc1ccccc1. The Morgan fingerprint density at radius 2 is 1.75 bits per heavy atom. The highest BCUT2D eigenvalue weighted by molar-refractivity contribution is 5.89. The van der Waals surface area contributed by atoms with Crippen molar-refractivity contribution in [1.82, 2.24) is 0 Å². The maximum Gasteiger partial charge on any atom is 0.335 e. The minimum atomic E-state index is -1.02. The maximum atomic E-state index is 10.8. The average Bonchev–Trinajstić information content (AvgIpc) is 2.46. The van der Waals surface area contributed by atoms with Crippen LogP contribution in [0.1, 0.15) is 10.4 Å². The van der Waals surface area contributed by atoms with Gasteiger partial charge in [0.05, 0.1) is 11.3 Å². The minimum Gasteiger partial charge on any atom is -0.490 e. The molecule has 2 rings (SSSR count). The first-order valence-electron chi connectivity index (χ1n) is 6.10. The number of nitrogen functional groups attached to an aromatic ring is 1. The van der Waals surface area contributed by atoms with Gasteiger partial charge in [-0.15, -0.1) is 0 Å². The molecule has 0 unspecified atom stereocenters. The van der Waals surface area contributed by atoms with Crippen molar-refractivity contribution in [3.8, 4) is 11.5 Å². The van der Waals surface area contributed by atoms with Crippen LogP contribution in [-0.4, -0.2) is 24.3 Å². The van der Waals surface area contributed by atoms with E-state index in [1.54, 1.807) is 6.07 Å². The van der Waals surface area contributed by atoms with Crippen LogP contribution in [0.15, 0.2) is 48.5 Å². The zero-order valence-electron chi connectivity index (χ0n) is 10.8. The molecule has 0 aliphatic heterocycles.